The molecule has 0 saturated carbocycles. The van der Waals surface area contributed by atoms with E-state index in [1.165, 1.54) is 12.1 Å². The Hall–Kier alpha value is -1.90. The fraction of sp³-hybridized carbons (Fsp3) is 0.364. The first-order valence-electron chi connectivity index (χ1n) is 5.29. The molecular formula is C11H10F5NO3. The van der Waals surface area contributed by atoms with E-state index in [0.29, 0.717) is 5.56 Å². The van der Waals surface area contributed by atoms with E-state index in [0.717, 1.165) is 12.1 Å². The predicted molar refractivity (Wildman–Crippen MR) is 53.5 cm³/mol. The average Bonchev–Trinajstić information content (AvgIpc) is 2.29. The number of rotatable bonds is 5. The van der Waals surface area contributed by atoms with Gasteiger partial charge in [0.2, 0.25) is 0 Å². The lowest BCUT2D eigenvalue weighted by atomic mass is 10.1. The monoisotopic (exact) mass is 299 g/mol. The van der Waals surface area contributed by atoms with Crippen LogP contribution in [0.25, 0.3) is 0 Å². The van der Waals surface area contributed by atoms with E-state index in [1.54, 1.807) is 0 Å². The van der Waals surface area contributed by atoms with Gasteiger partial charge < -0.3 is 20.4 Å². The van der Waals surface area contributed by atoms with E-state index in [9.17, 15) is 31.9 Å². The van der Waals surface area contributed by atoms with Crippen LogP contribution in [0.15, 0.2) is 24.3 Å². The van der Waals surface area contributed by atoms with Crippen LogP contribution < -0.4 is 15.6 Å². The van der Waals surface area contributed by atoms with Gasteiger partial charge in [-0.15, -0.1) is 0 Å². The van der Waals surface area contributed by atoms with Gasteiger partial charge in [0.05, 0.1) is 5.97 Å². The highest BCUT2D eigenvalue weighted by molar-refractivity contribution is 5.69. The molecule has 1 rings (SSSR count). The fourth-order valence-corrected chi connectivity index (χ4v) is 1.27. The molecule has 9 heteroatoms. The standard InChI is InChI=1S/C11H10F5NO3/c12-10(13,14)11(15,16)20-7-3-1-6(2-4-7)5-8(17)9(18)19/h1-4,8H,5,17H2,(H,18,19)/t8-/m1/s1. The summed E-state index contributed by atoms with van der Waals surface area (Å²) >= 11 is 0. The lowest BCUT2D eigenvalue weighted by Gasteiger charge is -2.20. The van der Waals surface area contributed by atoms with Gasteiger partial charge in [0, 0.05) is 6.42 Å². The normalized spacial score (nSPS) is 13.9. The molecule has 0 radical (unpaired) electrons. The second-order valence-corrected chi connectivity index (χ2v) is 3.98. The fourth-order valence-electron chi connectivity index (χ4n) is 1.27. The summed E-state index contributed by atoms with van der Waals surface area (Å²) in [6.07, 6.45) is -11.2. The number of benzene rings is 1. The van der Waals surface area contributed by atoms with Crippen molar-refractivity contribution < 1.29 is 42.3 Å². The molecule has 0 aliphatic heterocycles. The number of ether oxygens (including phenoxy) is 1. The summed E-state index contributed by atoms with van der Waals surface area (Å²) in [5.74, 6) is -2.08. The van der Waals surface area contributed by atoms with Crippen molar-refractivity contribution in [3.63, 3.8) is 0 Å². The maximum atomic E-state index is 12.6. The van der Waals surface area contributed by atoms with Gasteiger partial charge in [-0.2, -0.15) is 22.0 Å². The first-order valence-corrected chi connectivity index (χ1v) is 5.29. The van der Waals surface area contributed by atoms with E-state index in [1.807, 2.05) is 0 Å². The van der Waals surface area contributed by atoms with E-state index in [2.05, 4.69) is 10.5 Å². The van der Waals surface area contributed by atoms with Crippen molar-refractivity contribution in [3.05, 3.63) is 29.8 Å². The molecule has 20 heavy (non-hydrogen) atoms. The van der Waals surface area contributed by atoms with Gasteiger partial charge in [0.25, 0.3) is 0 Å². The highest BCUT2D eigenvalue weighted by atomic mass is 19.4. The van der Waals surface area contributed by atoms with Crippen LogP contribution in [-0.4, -0.2) is 24.3 Å². The highest BCUT2D eigenvalue weighted by Crippen LogP contribution is 2.37. The van der Waals surface area contributed by atoms with Gasteiger partial charge in [-0.25, -0.2) is 0 Å². The average molecular weight is 299 g/mol. The highest BCUT2D eigenvalue weighted by Gasteiger charge is 2.61. The van der Waals surface area contributed by atoms with E-state index in [-0.39, 0.29) is 6.42 Å². The van der Waals surface area contributed by atoms with Crippen molar-refractivity contribution in [1.29, 1.82) is 0 Å². The van der Waals surface area contributed by atoms with Crippen LogP contribution in [0.2, 0.25) is 0 Å². The Kier molecular flexibility index (Phi) is 4.53. The van der Waals surface area contributed by atoms with Crippen LogP contribution in [0.4, 0.5) is 22.0 Å². The van der Waals surface area contributed by atoms with E-state index < -0.39 is 30.0 Å². The lowest BCUT2D eigenvalue weighted by molar-refractivity contribution is -0.437. The van der Waals surface area contributed by atoms with Gasteiger partial charge in [-0.05, 0) is 17.7 Å². The van der Waals surface area contributed by atoms with Crippen molar-refractivity contribution in [2.24, 2.45) is 0 Å². The second kappa shape index (κ2) is 5.61. The molecule has 0 bridgehead atoms. The molecule has 1 aromatic rings. The third kappa shape index (κ3) is 4.05. The summed E-state index contributed by atoms with van der Waals surface area (Å²) in [6, 6.07) is 3.05. The first kappa shape index (κ1) is 16.2. The zero-order valence-corrected chi connectivity index (χ0v) is 9.92. The van der Waals surface area contributed by atoms with Gasteiger partial charge in [-0.3, -0.25) is 0 Å². The minimum atomic E-state index is -5.82. The Morgan fingerprint density at radius 2 is 1.70 bits per heavy atom. The number of halogens is 5. The Labute approximate surface area is 109 Å². The molecule has 0 aliphatic rings. The van der Waals surface area contributed by atoms with Crippen LogP contribution in [-0.2, 0) is 11.2 Å². The maximum Gasteiger partial charge on any atom is 0.499 e. The third-order valence-corrected chi connectivity index (χ3v) is 2.31. The van der Waals surface area contributed by atoms with Gasteiger partial charge in [-0.1, -0.05) is 12.1 Å². The van der Waals surface area contributed by atoms with Crippen LogP contribution in [0.1, 0.15) is 5.56 Å². The van der Waals surface area contributed by atoms with Gasteiger partial charge >= 0.3 is 12.3 Å². The van der Waals surface area contributed by atoms with Crippen LogP contribution >= 0.6 is 0 Å². The van der Waals surface area contributed by atoms with Crippen molar-refractivity contribution in [1.82, 2.24) is 0 Å². The molecule has 0 amide bonds. The number of carbonyl (C=O) groups is 1. The van der Waals surface area contributed by atoms with Crippen molar-refractivity contribution in [3.8, 4) is 5.75 Å². The summed E-state index contributed by atoms with van der Waals surface area (Å²) in [5.41, 5.74) is 3.67. The minimum Gasteiger partial charge on any atom is -0.544 e. The number of carbonyl (C=O) groups excluding carboxylic acids is 1. The number of alkyl halides is 5. The van der Waals surface area contributed by atoms with Crippen LogP contribution in [0.5, 0.6) is 5.75 Å². The molecule has 0 fully saturated rings. The number of hydrogen-bond donors (Lipinski definition) is 1. The third-order valence-electron chi connectivity index (χ3n) is 2.31. The molecule has 0 saturated heterocycles. The minimum absolute atomic E-state index is 0.0434. The molecule has 0 aliphatic carbocycles. The lowest BCUT2D eigenvalue weighted by Crippen LogP contribution is -2.69. The largest absolute Gasteiger partial charge is 0.544 e. The second-order valence-electron chi connectivity index (χ2n) is 3.98. The molecule has 3 N–H and O–H groups in total. The molecular weight excluding hydrogens is 289 g/mol. The van der Waals surface area contributed by atoms with E-state index in [4.69, 9.17) is 0 Å². The summed E-state index contributed by atoms with van der Waals surface area (Å²) in [5, 5.41) is 10.4. The number of aliphatic carboxylic acids is 1. The first-order chi connectivity index (χ1) is 9.03. The summed E-state index contributed by atoms with van der Waals surface area (Å²) < 4.78 is 64.5. The predicted octanol–water partition coefficient (Wildman–Crippen LogP) is 0.123. The molecule has 1 atom stereocenters. The van der Waals surface area contributed by atoms with Crippen molar-refractivity contribution >= 4 is 5.97 Å². The Bertz CT molecular complexity index is 472. The zero-order chi connectivity index (χ0) is 15.6. The molecule has 112 valence electrons. The summed E-state index contributed by atoms with van der Waals surface area (Å²) in [4.78, 5) is 10.4. The number of quaternary nitrogens is 1. The Morgan fingerprint density at radius 3 is 2.10 bits per heavy atom. The molecule has 0 heterocycles. The molecule has 1 aromatic carbocycles. The number of carboxylic acids is 1. The number of carboxylic acid groups (broad SMARTS) is 1. The van der Waals surface area contributed by atoms with Crippen molar-refractivity contribution in [2.75, 3.05) is 0 Å². The maximum absolute atomic E-state index is 12.6. The van der Waals surface area contributed by atoms with Crippen LogP contribution in [0.3, 0.4) is 0 Å². The van der Waals surface area contributed by atoms with Gasteiger partial charge in [0.1, 0.15) is 11.8 Å². The number of hydrogen-bond acceptors (Lipinski definition) is 3. The Balaban J connectivity index is 2.75. The summed E-state index contributed by atoms with van der Waals surface area (Å²) in [7, 11) is 0. The van der Waals surface area contributed by atoms with Crippen molar-refractivity contribution in [2.45, 2.75) is 24.7 Å². The SMILES string of the molecule is [NH3+][C@H](Cc1ccc(OC(F)(F)C(F)(F)F)cc1)C(=O)[O-]. The molecule has 0 aromatic heterocycles. The molecule has 0 unspecified atom stereocenters. The van der Waals surface area contributed by atoms with Crippen LogP contribution in [0, 0.1) is 0 Å². The quantitative estimate of drug-likeness (QED) is 0.785. The summed E-state index contributed by atoms with van der Waals surface area (Å²) in [6.45, 7) is 0. The zero-order valence-electron chi connectivity index (χ0n) is 9.92. The van der Waals surface area contributed by atoms with Gasteiger partial charge in [0.15, 0.2) is 0 Å². The topological polar surface area (TPSA) is 77.0 Å². The smallest absolute Gasteiger partial charge is 0.499 e. The molecule has 4 nitrogen and oxygen atoms in total. The Morgan fingerprint density at radius 1 is 1.20 bits per heavy atom. The van der Waals surface area contributed by atoms with E-state index >= 15 is 0 Å². The molecule has 0 spiro atoms.